The van der Waals surface area contributed by atoms with Crippen LogP contribution < -0.4 is 0 Å². The number of hydrogen-bond acceptors (Lipinski definition) is 14. The molecule has 2 aliphatic heterocycles. The maximum Gasteiger partial charge on any atom is 0.481 e. The summed E-state index contributed by atoms with van der Waals surface area (Å²) < 4.78 is 111. The second-order valence-electron chi connectivity index (χ2n) is 7.50. The van der Waals surface area contributed by atoms with E-state index in [1.807, 2.05) is 0 Å². The second kappa shape index (κ2) is 9.25. The molecule has 1 saturated carbocycles. The van der Waals surface area contributed by atoms with Gasteiger partial charge in [-0.2, -0.15) is 4.31 Å². The molecule has 34 heavy (non-hydrogen) atoms. The SMILES string of the molecule is CP(C)(=O)OC1C(OP(=O)(O)O)C2OP(C)(=O)OP(=O)(O)OC2C2OP(=O)(O)OP(=O)(O)OC12. The fourth-order valence-corrected chi connectivity index (χ4v) is 10.2. The lowest BCUT2D eigenvalue weighted by molar-refractivity contribution is -0.186. The third kappa shape index (κ3) is 7.46. The molecule has 1 aliphatic carbocycles. The maximum absolute atomic E-state index is 12.6. The fourth-order valence-electron chi connectivity index (χ4n) is 3.37. The van der Waals surface area contributed by atoms with Gasteiger partial charge in [0.15, 0.2) is 7.37 Å². The Hall–Kier alpha value is 0.860. The molecule has 0 amide bonds. The minimum absolute atomic E-state index is 0.676. The quantitative estimate of drug-likeness (QED) is 0.276. The van der Waals surface area contributed by atoms with Crippen LogP contribution in [0, 0.1) is 0 Å². The Morgan fingerprint density at radius 2 is 1.06 bits per heavy atom. The van der Waals surface area contributed by atoms with Crippen molar-refractivity contribution in [3.63, 3.8) is 0 Å². The molecule has 200 valence electrons. The van der Waals surface area contributed by atoms with Crippen LogP contribution in [0.1, 0.15) is 0 Å². The van der Waals surface area contributed by atoms with E-state index >= 15 is 0 Å². The first kappa shape index (κ1) is 29.4. The Morgan fingerprint density at radius 3 is 1.50 bits per heavy atom. The van der Waals surface area contributed by atoms with Crippen LogP contribution in [0.3, 0.4) is 0 Å². The number of hydrogen-bond donors (Lipinski definition) is 5. The predicted molar refractivity (Wildman–Crippen MR) is 106 cm³/mol. The molecule has 25 heteroatoms. The van der Waals surface area contributed by atoms with Crippen LogP contribution in [0.2, 0.25) is 0 Å². The highest BCUT2D eigenvalue weighted by molar-refractivity contribution is 7.64. The molecule has 0 radical (unpaired) electrons. The minimum atomic E-state index is -5.54. The van der Waals surface area contributed by atoms with E-state index in [9.17, 15) is 51.9 Å². The van der Waals surface area contributed by atoms with E-state index in [0.717, 1.165) is 13.3 Å². The van der Waals surface area contributed by atoms with Gasteiger partial charge in [0.25, 0.3) is 0 Å². The zero-order chi connectivity index (χ0) is 26.1. The van der Waals surface area contributed by atoms with E-state index in [0.29, 0.717) is 6.66 Å². The molecule has 0 bridgehead atoms. The molecule has 3 rings (SSSR count). The largest absolute Gasteiger partial charge is 0.481 e. The Labute approximate surface area is 191 Å². The summed E-state index contributed by atoms with van der Waals surface area (Å²) in [6, 6.07) is 0. The van der Waals surface area contributed by atoms with Crippen molar-refractivity contribution < 1.29 is 87.6 Å². The molecule has 5 N–H and O–H groups in total. The zero-order valence-electron chi connectivity index (χ0n) is 17.1. The highest BCUT2D eigenvalue weighted by Gasteiger charge is 2.65. The molecule has 0 spiro atoms. The number of rotatable bonds is 4. The highest BCUT2D eigenvalue weighted by Crippen LogP contribution is 2.70. The van der Waals surface area contributed by atoms with Gasteiger partial charge in [0, 0.05) is 20.0 Å². The molecule has 3 aliphatic rings. The summed E-state index contributed by atoms with van der Waals surface area (Å²) in [5.41, 5.74) is 0. The van der Waals surface area contributed by atoms with Crippen molar-refractivity contribution in [1.29, 1.82) is 0 Å². The Morgan fingerprint density at radius 1 is 0.676 bits per heavy atom. The van der Waals surface area contributed by atoms with Gasteiger partial charge < -0.3 is 29.0 Å². The van der Waals surface area contributed by atoms with Crippen LogP contribution in [0.25, 0.3) is 0 Å². The van der Waals surface area contributed by atoms with Crippen molar-refractivity contribution in [1.82, 2.24) is 0 Å². The number of phosphoric acid groups is 4. The summed E-state index contributed by atoms with van der Waals surface area (Å²) in [4.78, 5) is 48.4. The van der Waals surface area contributed by atoms with Crippen molar-refractivity contribution in [3.05, 3.63) is 0 Å². The average Bonchev–Trinajstić information content (AvgIpc) is 2.68. The van der Waals surface area contributed by atoms with Gasteiger partial charge in [0.1, 0.15) is 36.6 Å². The van der Waals surface area contributed by atoms with Crippen LogP contribution in [0.5, 0.6) is 0 Å². The summed E-state index contributed by atoms with van der Waals surface area (Å²) in [5.74, 6) is 0. The molecule has 10 atom stereocenters. The van der Waals surface area contributed by atoms with E-state index in [1.54, 1.807) is 0 Å². The normalized spacial score (nSPS) is 50.5. The van der Waals surface area contributed by atoms with Crippen molar-refractivity contribution in [2.45, 2.75) is 36.6 Å². The number of phosphoric ester groups is 4. The number of fused-ring (bicyclic) bond motifs is 3. The third-order valence-electron chi connectivity index (χ3n) is 4.11. The van der Waals surface area contributed by atoms with Crippen LogP contribution in [0.15, 0.2) is 0 Å². The maximum atomic E-state index is 12.6. The monoisotopic (exact) mass is 618 g/mol. The summed E-state index contributed by atoms with van der Waals surface area (Å²) >= 11 is 0. The first-order valence-electron chi connectivity index (χ1n) is 8.68. The van der Waals surface area contributed by atoms with Crippen molar-refractivity contribution in [3.8, 4) is 0 Å². The van der Waals surface area contributed by atoms with Gasteiger partial charge in [-0.3, -0.25) is 31.7 Å². The summed E-state index contributed by atoms with van der Waals surface area (Å²) in [5, 5.41) is 0. The summed E-state index contributed by atoms with van der Waals surface area (Å²) in [6.07, 6.45) is -13.3. The standard InChI is InChI=1S/C9H20O19P6/c1-29(2,10)21-4-6(23-31(12,13)14)5-8(24-32(15,16)27-30(3,11)22-5)9-7(4)25-33(17,18)28-34(19,20)26-9/h4-9H,1-3H3,(H,15,16)(H,17,18)(H,19,20)(H2,12,13,14). The van der Waals surface area contributed by atoms with Gasteiger partial charge in [-0.25, -0.2) is 22.6 Å². The van der Waals surface area contributed by atoms with Gasteiger partial charge in [-0.15, -0.1) is 0 Å². The molecule has 0 aromatic rings. The average molecular weight is 618 g/mol. The van der Waals surface area contributed by atoms with Crippen LogP contribution in [-0.2, 0) is 63.2 Å². The second-order valence-corrected chi connectivity index (χ2v) is 17.9. The van der Waals surface area contributed by atoms with Crippen LogP contribution >= 0.6 is 46.3 Å². The third-order valence-corrected chi connectivity index (χ3v) is 11.2. The Bertz CT molecular complexity index is 1020. The van der Waals surface area contributed by atoms with Crippen LogP contribution in [-0.4, -0.2) is 81.1 Å². The lowest BCUT2D eigenvalue weighted by atomic mass is 9.85. The Balaban J connectivity index is 2.26. The summed E-state index contributed by atoms with van der Waals surface area (Å²) in [6.45, 7) is 2.69. The van der Waals surface area contributed by atoms with E-state index in [4.69, 9.17) is 22.6 Å². The van der Waals surface area contributed by atoms with Gasteiger partial charge >= 0.3 is 38.9 Å². The lowest BCUT2D eigenvalue weighted by Gasteiger charge is -2.47. The predicted octanol–water partition coefficient (Wildman–Crippen LogP) is 1.13. The summed E-state index contributed by atoms with van der Waals surface area (Å²) in [7, 11) is -30.2. The molecule has 0 aromatic carbocycles. The fraction of sp³-hybridized carbons (Fsp3) is 1.00. The minimum Gasteiger partial charge on any atom is -0.320 e. The molecule has 2 saturated heterocycles. The molecular weight excluding hydrogens is 598 g/mol. The van der Waals surface area contributed by atoms with Gasteiger partial charge in [-0.1, -0.05) is 0 Å². The van der Waals surface area contributed by atoms with E-state index in [2.05, 4.69) is 13.1 Å². The zero-order valence-corrected chi connectivity index (χ0v) is 22.5. The molecule has 0 aromatic heterocycles. The van der Waals surface area contributed by atoms with E-state index in [1.165, 1.54) is 0 Å². The van der Waals surface area contributed by atoms with Crippen molar-refractivity contribution in [2.75, 3.05) is 20.0 Å². The Kier molecular flexibility index (Phi) is 8.01. The molecule has 19 nitrogen and oxygen atoms in total. The smallest absolute Gasteiger partial charge is 0.320 e. The molecule has 3 fully saturated rings. The van der Waals surface area contributed by atoms with Gasteiger partial charge in [-0.05, 0) is 0 Å². The van der Waals surface area contributed by atoms with E-state index in [-0.39, 0.29) is 0 Å². The lowest BCUT2D eigenvalue weighted by Crippen LogP contribution is -2.65. The van der Waals surface area contributed by atoms with Gasteiger partial charge in [0.2, 0.25) is 0 Å². The topological polar surface area (TPSA) is 277 Å². The van der Waals surface area contributed by atoms with Crippen molar-refractivity contribution >= 4 is 46.3 Å². The van der Waals surface area contributed by atoms with Crippen LogP contribution in [0.4, 0.5) is 0 Å². The first-order valence-corrected chi connectivity index (χ1v) is 19.2. The first-order chi connectivity index (χ1) is 15.0. The molecular formula is C9H20O19P6. The van der Waals surface area contributed by atoms with E-state index < -0.39 is 82.9 Å². The molecule has 2 heterocycles. The van der Waals surface area contributed by atoms with Gasteiger partial charge in [0.05, 0.1) is 0 Å². The molecule has 10 unspecified atom stereocenters. The van der Waals surface area contributed by atoms with Crippen molar-refractivity contribution in [2.24, 2.45) is 0 Å². The highest BCUT2D eigenvalue weighted by atomic mass is 31.3.